The van der Waals surface area contributed by atoms with Crippen molar-refractivity contribution in [2.45, 2.75) is 6.67 Å². The number of nitrogens with two attached hydrogens (primary N) is 1. The van der Waals surface area contributed by atoms with Gasteiger partial charge in [0.05, 0.1) is 12.4 Å². The summed E-state index contributed by atoms with van der Waals surface area (Å²) in [4.78, 5) is 17.5. The second-order valence-corrected chi connectivity index (χ2v) is 2.79. The molecule has 2 aromatic heterocycles. The van der Waals surface area contributed by atoms with Gasteiger partial charge in [-0.25, -0.2) is 9.67 Å². The summed E-state index contributed by atoms with van der Waals surface area (Å²) in [6.45, 7) is 0.368. The minimum absolute atomic E-state index is 0.0845. The standard InChI is InChI=1S/C7H9N7O/c8-5-3-9-7(12-6(5)15)10-4-14-2-1-11-13-14/h1-3H,4,8H2,(H2,9,10,12,15). The Morgan fingerprint density at radius 1 is 1.60 bits per heavy atom. The molecule has 2 rings (SSSR count). The van der Waals surface area contributed by atoms with Crippen LogP contribution < -0.4 is 16.6 Å². The van der Waals surface area contributed by atoms with E-state index >= 15 is 0 Å². The Bertz CT molecular complexity index is 488. The number of aromatic amines is 1. The topological polar surface area (TPSA) is 115 Å². The van der Waals surface area contributed by atoms with Gasteiger partial charge < -0.3 is 11.1 Å². The van der Waals surface area contributed by atoms with Crippen LogP contribution in [0.2, 0.25) is 0 Å². The molecule has 8 nitrogen and oxygen atoms in total. The van der Waals surface area contributed by atoms with Gasteiger partial charge in [0.2, 0.25) is 5.95 Å². The number of H-pyrrole nitrogens is 1. The number of nitrogens with one attached hydrogen (secondary N) is 2. The minimum Gasteiger partial charge on any atom is -0.393 e. The molecular formula is C7H9N7O. The van der Waals surface area contributed by atoms with Gasteiger partial charge in [0, 0.05) is 6.20 Å². The van der Waals surface area contributed by atoms with E-state index in [9.17, 15) is 4.79 Å². The summed E-state index contributed by atoms with van der Waals surface area (Å²) in [6, 6.07) is 0. The summed E-state index contributed by atoms with van der Waals surface area (Å²) in [5.41, 5.74) is 5.03. The molecule has 0 aromatic carbocycles. The smallest absolute Gasteiger partial charge is 0.275 e. The molecule has 4 N–H and O–H groups in total. The van der Waals surface area contributed by atoms with E-state index in [0.29, 0.717) is 12.6 Å². The van der Waals surface area contributed by atoms with Gasteiger partial charge in [-0.2, -0.15) is 0 Å². The fourth-order valence-corrected chi connectivity index (χ4v) is 0.967. The van der Waals surface area contributed by atoms with Crippen molar-refractivity contribution in [3.63, 3.8) is 0 Å². The fourth-order valence-electron chi connectivity index (χ4n) is 0.967. The molecule has 0 saturated carbocycles. The largest absolute Gasteiger partial charge is 0.393 e. The van der Waals surface area contributed by atoms with Crippen molar-refractivity contribution < 1.29 is 0 Å². The van der Waals surface area contributed by atoms with E-state index in [4.69, 9.17) is 5.73 Å². The van der Waals surface area contributed by atoms with E-state index in [2.05, 4.69) is 25.6 Å². The Kier molecular flexibility index (Phi) is 2.31. The zero-order valence-corrected chi connectivity index (χ0v) is 7.71. The van der Waals surface area contributed by atoms with Crippen LogP contribution in [0.4, 0.5) is 11.6 Å². The Balaban J connectivity index is 2.06. The highest BCUT2D eigenvalue weighted by Crippen LogP contribution is 1.95. The summed E-state index contributed by atoms with van der Waals surface area (Å²) < 4.78 is 1.55. The molecule has 0 amide bonds. The summed E-state index contributed by atoms with van der Waals surface area (Å²) in [5, 5.41) is 10.2. The third-order valence-corrected chi connectivity index (χ3v) is 1.71. The number of nitrogen functional groups attached to an aromatic ring is 1. The molecule has 0 saturated heterocycles. The van der Waals surface area contributed by atoms with Gasteiger partial charge in [0.1, 0.15) is 12.4 Å². The monoisotopic (exact) mass is 207 g/mol. The molecule has 0 atom stereocenters. The van der Waals surface area contributed by atoms with E-state index in [-0.39, 0.29) is 11.2 Å². The van der Waals surface area contributed by atoms with Crippen LogP contribution in [0.25, 0.3) is 0 Å². The molecule has 0 fully saturated rings. The number of hydrogen-bond acceptors (Lipinski definition) is 6. The van der Waals surface area contributed by atoms with Crippen LogP contribution >= 0.6 is 0 Å². The van der Waals surface area contributed by atoms with Crippen molar-refractivity contribution in [3.05, 3.63) is 28.9 Å². The Morgan fingerprint density at radius 3 is 3.13 bits per heavy atom. The lowest BCUT2D eigenvalue weighted by Crippen LogP contribution is -2.17. The maximum Gasteiger partial charge on any atom is 0.275 e. The molecule has 2 heterocycles. The number of nitrogens with zero attached hydrogens (tertiary/aromatic N) is 4. The van der Waals surface area contributed by atoms with Gasteiger partial charge in [-0.15, -0.1) is 5.10 Å². The third-order valence-electron chi connectivity index (χ3n) is 1.71. The quantitative estimate of drug-likeness (QED) is 0.595. The van der Waals surface area contributed by atoms with Crippen molar-refractivity contribution in [1.82, 2.24) is 25.0 Å². The van der Waals surface area contributed by atoms with Crippen molar-refractivity contribution in [2.24, 2.45) is 0 Å². The highest BCUT2D eigenvalue weighted by molar-refractivity contribution is 5.35. The highest BCUT2D eigenvalue weighted by Gasteiger charge is 1.98. The Morgan fingerprint density at radius 2 is 2.47 bits per heavy atom. The molecule has 0 radical (unpaired) electrons. The predicted molar refractivity (Wildman–Crippen MR) is 52.9 cm³/mol. The number of hydrogen-bond donors (Lipinski definition) is 3. The summed E-state index contributed by atoms with van der Waals surface area (Å²) in [6.07, 6.45) is 4.53. The summed E-state index contributed by atoms with van der Waals surface area (Å²) >= 11 is 0. The SMILES string of the molecule is Nc1cnc(NCn2ccnn2)[nH]c1=O. The number of rotatable bonds is 3. The molecule has 0 unspecified atom stereocenters. The normalized spacial score (nSPS) is 10.1. The molecule has 0 spiro atoms. The summed E-state index contributed by atoms with van der Waals surface area (Å²) in [7, 11) is 0. The third kappa shape index (κ3) is 2.10. The van der Waals surface area contributed by atoms with Crippen LogP contribution in [-0.2, 0) is 6.67 Å². The predicted octanol–water partition coefficient (Wildman–Crippen LogP) is -0.987. The van der Waals surface area contributed by atoms with Gasteiger partial charge in [0.15, 0.2) is 0 Å². The van der Waals surface area contributed by atoms with Crippen LogP contribution in [0.1, 0.15) is 0 Å². The van der Waals surface area contributed by atoms with Crippen LogP contribution in [-0.4, -0.2) is 25.0 Å². The van der Waals surface area contributed by atoms with Gasteiger partial charge in [-0.1, -0.05) is 5.21 Å². The van der Waals surface area contributed by atoms with E-state index in [1.54, 1.807) is 17.1 Å². The van der Waals surface area contributed by atoms with Gasteiger partial charge in [0.25, 0.3) is 5.56 Å². The maximum atomic E-state index is 11.1. The van der Waals surface area contributed by atoms with Crippen LogP contribution in [0.15, 0.2) is 23.4 Å². The van der Waals surface area contributed by atoms with Crippen LogP contribution in [0.3, 0.4) is 0 Å². The molecule has 0 aliphatic rings. The molecule has 15 heavy (non-hydrogen) atoms. The Hall–Kier alpha value is -2.38. The lowest BCUT2D eigenvalue weighted by atomic mass is 10.5. The second-order valence-electron chi connectivity index (χ2n) is 2.79. The van der Waals surface area contributed by atoms with Crippen LogP contribution in [0, 0.1) is 0 Å². The van der Waals surface area contributed by atoms with Crippen molar-refractivity contribution in [1.29, 1.82) is 0 Å². The Labute approximate surface area is 84.1 Å². The van der Waals surface area contributed by atoms with Gasteiger partial charge >= 0.3 is 0 Å². The van der Waals surface area contributed by atoms with E-state index < -0.39 is 0 Å². The molecule has 0 bridgehead atoms. The van der Waals surface area contributed by atoms with Gasteiger partial charge in [-0.3, -0.25) is 9.78 Å². The molecule has 8 heteroatoms. The van der Waals surface area contributed by atoms with Crippen molar-refractivity contribution >= 4 is 11.6 Å². The molecule has 78 valence electrons. The molecule has 0 aliphatic carbocycles. The van der Waals surface area contributed by atoms with Crippen molar-refractivity contribution in [3.8, 4) is 0 Å². The van der Waals surface area contributed by atoms with E-state index in [1.807, 2.05) is 0 Å². The first kappa shape index (κ1) is 9.19. The summed E-state index contributed by atoms with van der Waals surface area (Å²) in [5.74, 6) is 0.338. The van der Waals surface area contributed by atoms with E-state index in [1.165, 1.54) is 6.20 Å². The average Bonchev–Trinajstić information content (AvgIpc) is 2.73. The van der Waals surface area contributed by atoms with Crippen molar-refractivity contribution in [2.75, 3.05) is 11.1 Å². The fraction of sp³-hybridized carbons (Fsp3) is 0.143. The first-order chi connectivity index (χ1) is 7.25. The highest BCUT2D eigenvalue weighted by atomic mass is 16.1. The second kappa shape index (κ2) is 3.78. The number of anilines is 2. The molecular weight excluding hydrogens is 198 g/mol. The zero-order valence-electron chi connectivity index (χ0n) is 7.71. The lowest BCUT2D eigenvalue weighted by Gasteiger charge is -2.04. The van der Waals surface area contributed by atoms with Gasteiger partial charge in [-0.05, 0) is 0 Å². The van der Waals surface area contributed by atoms with Crippen LogP contribution in [0.5, 0.6) is 0 Å². The number of aromatic nitrogens is 5. The molecule has 0 aliphatic heterocycles. The van der Waals surface area contributed by atoms with E-state index in [0.717, 1.165) is 0 Å². The lowest BCUT2D eigenvalue weighted by molar-refractivity contribution is 0.631. The maximum absolute atomic E-state index is 11.1. The molecule has 2 aromatic rings. The zero-order chi connectivity index (χ0) is 10.7. The average molecular weight is 207 g/mol. The first-order valence-corrected chi connectivity index (χ1v) is 4.18. The minimum atomic E-state index is -0.369. The first-order valence-electron chi connectivity index (χ1n) is 4.18.